The molecule has 5 nitrogen and oxygen atoms in total. The minimum atomic E-state index is 0.0571. The molecule has 0 radical (unpaired) electrons. The fraction of sp³-hybridized carbons (Fsp3) is 0.389. The van der Waals surface area contributed by atoms with E-state index in [4.69, 9.17) is 9.47 Å². The monoisotopic (exact) mass is 344 g/mol. The van der Waals surface area contributed by atoms with E-state index in [1.165, 1.54) is 17.0 Å². The van der Waals surface area contributed by atoms with Crippen LogP contribution in [0.2, 0.25) is 0 Å². The highest BCUT2D eigenvalue weighted by molar-refractivity contribution is 7.12. The molecule has 0 saturated carbocycles. The number of rotatable bonds is 2. The number of ether oxygens (including phenoxy) is 2. The first-order valence-corrected chi connectivity index (χ1v) is 9.17. The first kappa shape index (κ1) is 15.3. The normalized spacial score (nSPS) is 17.5. The quantitative estimate of drug-likeness (QED) is 0.840. The predicted octanol–water partition coefficient (Wildman–Crippen LogP) is 2.87. The van der Waals surface area contributed by atoms with E-state index in [0.717, 1.165) is 32.6 Å². The molecule has 1 saturated heterocycles. The highest BCUT2D eigenvalue weighted by atomic mass is 32.1. The summed E-state index contributed by atoms with van der Waals surface area (Å²) >= 11 is 1.42. The van der Waals surface area contributed by atoms with Crippen LogP contribution in [-0.4, -0.2) is 50.2 Å². The van der Waals surface area contributed by atoms with Gasteiger partial charge in [0.15, 0.2) is 11.5 Å². The van der Waals surface area contributed by atoms with Crippen LogP contribution >= 0.6 is 11.3 Å². The molecular weight excluding hydrogens is 324 g/mol. The number of hydrogen-bond donors (Lipinski definition) is 0. The fourth-order valence-corrected chi connectivity index (χ4v) is 4.07. The van der Waals surface area contributed by atoms with E-state index >= 15 is 0 Å². The largest absolute Gasteiger partial charge is 0.485 e. The maximum atomic E-state index is 12.9. The van der Waals surface area contributed by atoms with E-state index in [0.29, 0.717) is 29.6 Å². The van der Waals surface area contributed by atoms with E-state index in [9.17, 15) is 4.79 Å². The Labute approximate surface area is 145 Å². The van der Waals surface area contributed by atoms with Gasteiger partial charge in [0, 0.05) is 37.2 Å². The summed E-state index contributed by atoms with van der Waals surface area (Å²) < 4.78 is 11.2. The third-order valence-corrected chi connectivity index (χ3v) is 5.33. The second kappa shape index (κ2) is 6.73. The Morgan fingerprint density at radius 2 is 1.83 bits per heavy atom. The van der Waals surface area contributed by atoms with Crippen molar-refractivity contribution in [1.29, 1.82) is 0 Å². The average molecular weight is 344 g/mol. The van der Waals surface area contributed by atoms with Gasteiger partial charge in [0.2, 0.25) is 0 Å². The van der Waals surface area contributed by atoms with Crippen LogP contribution in [0.25, 0.3) is 0 Å². The summed E-state index contributed by atoms with van der Waals surface area (Å²) in [7, 11) is 0. The van der Waals surface area contributed by atoms with Crippen LogP contribution in [0.3, 0.4) is 0 Å². The van der Waals surface area contributed by atoms with Gasteiger partial charge in [-0.05, 0) is 18.6 Å². The zero-order valence-corrected chi connectivity index (χ0v) is 14.3. The van der Waals surface area contributed by atoms with Crippen LogP contribution in [0.4, 0.5) is 5.69 Å². The molecule has 6 heteroatoms. The van der Waals surface area contributed by atoms with Crippen LogP contribution in [0.5, 0.6) is 11.5 Å². The van der Waals surface area contributed by atoms with Gasteiger partial charge in [0.1, 0.15) is 18.1 Å². The van der Waals surface area contributed by atoms with Crippen molar-refractivity contribution in [1.82, 2.24) is 4.90 Å². The smallest absolute Gasteiger partial charge is 0.267 e. The number of amides is 1. The van der Waals surface area contributed by atoms with Gasteiger partial charge in [0.25, 0.3) is 5.91 Å². The van der Waals surface area contributed by atoms with Crippen molar-refractivity contribution >= 4 is 22.9 Å². The molecule has 1 fully saturated rings. The summed E-state index contributed by atoms with van der Waals surface area (Å²) in [6, 6.07) is 10.4. The standard InChI is InChI=1S/C18H20N2O3S/c21-18(17-16-15(13-24-17)22-11-12-23-16)20-8-4-7-19(9-10-20)14-5-2-1-3-6-14/h1-3,5-6,13H,4,7-12H2. The molecule has 0 unspecified atom stereocenters. The summed E-state index contributed by atoms with van der Waals surface area (Å²) in [5.41, 5.74) is 1.22. The molecule has 0 atom stereocenters. The lowest BCUT2D eigenvalue weighted by Crippen LogP contribution is -2.35. The number of hydrogen-bond acceptors (Lipinski definition) is 5. The Balaban J connectivity index is 1.47. The van der Waals surface area contributed by atoms with Gasteiger partial charge in [-0.15, -0.1) is 11.3 Å². The van der Waals surface area contributed by atoms with Crippen molar-refractivity contribution in [2.24, 2.45) is 0 Å². The van der Waals surface area contributed by atoms with Crippen LogP contribution < -0.4 is 14.4 Å². The lowest BCUT2D eigenvalue weighted by Gasteiger charge is -2.24. The fourth-order valence-electron chi connectivity index (χ4n) is 3.17. The molecule has 0 N–H and O–H groups in total. The van der Waals surface area contributed by atoms with Crippen molar-refractivity contribution in [2.75, 3.05) is 44.3 Å². The summed E-state index contributed by atoms with van der Waals surface area (Å²) in [5, 5.41) is 1.87. The van der Waals surface area contributed by atoms with E-state index in [-0.39, 0.29) is 5.91 Å². The molecule has 4 rings (SSSR count). The molecule has 24 heavy (non-hydrogen) atoms. The van der Waals surface area contributed by atoms with Crippen LogP contribution in [0.15, 0.2) is 35.7 Å². The Hall–Kier alpha value is -2.21. The van der Waals surface area contributed by atoms with Gasteiger partial charge in [-0.1, -0.05) is 18.2 Å². The van der Waals surface area contributed by atoms with Crippen LogP contribution in [0.1, 0.15) is 16.1 Å². The number of nitrogens with zero attached hydrogens (tertiary/aromatic N) is 2. The number of carbonyl (C=O) groups is 1. The van der Waals surface area contributed by atoms with Gasteiger partial charge in [-0.3, -0.25) is 4.79 Å². The van der Waals surface area contributed by atoms with E-state index in [2.05, 4.69) is 29.2 Å². The van der Waals surface area contributed by atoms with Crippen molar-refractivity contribution in [3.8, 4) is 11.5 Å². The summed E-state index contributed by atoms with van der Waals surface area (Å²) in [6.07, 6.45) is 0.964. The van der Waals surface area contributed by atoms with Gasteiger partial charge in [-0.25, -0.2) is 0 Å². The number of fused-ring (bicyclic) bond motifs is 1. The summed E-state index contributed by atoms with van der Waals surface area (Å²) in [5.74, 6) is 1.39. The molecule has 0 bridgehead atoms. The zero-order valence-electron chi connectivity index (χ0n) is 13.4. The van der Waals surface area contributed by atoms with Crippen molar-refractivity contribution < 1.29 is 14.3 Å². The van der Waals surface area contributed by atoms with E-state index < -0.39 is 0 Å². The molecule has 0 aliphatic carbocycles. The third-order valence-electron chi connectivity index (χ3n) is 4.40. The molecule has 2 aliphatic rings. The van der Waals surface area contributed by atoms with Gasteiger partial charge >= 0.3 is 0 Å². The number of benzene rings is 1. The minimum Gasteiger partial charge on any atom is -0.485 e. The van der Waals surface area contributed by atoms with Crippen molar-refractivity contribution in [2.45, 2.75) is 6.42 Å². The Morgan fingerprint density at radius 3 is 2.71 bits per heavy atom. The minimum absolute atomic E-state index is 0.0571. The predicted molar refractivity (Wildman–Crippen MR) is 94.5 cm³/mol. The summed E-state index contributed by atoms with van der Waals surface area (Å²) in [4.78, 5) is 17.9. The SMILES string of the molecule is O=C(c1scc2c1OCCO2)N1CCCN(c2ccccc2)CC1. The van der Waals surface area contributed by atoms with E-state index in [1.807, 2.05) is 16.3 Å². The topological polar surface area (TPSA) is 42.0 Å². The number of anilines is 1. The van der Waals surface area contributed by atoms with E-state index in [1.54, 1.807) is 0 Å². The van der Waals surface area contributed by atoms with Crippen LogP contribution in [-0.2, 0) is 0 Å². The second-order valence-electron chi connectivity index (χ2n) is 5.92. The Bertz CT molecular complexity index is 716. The van der Waals surface area contributed by atoms with Gasteiger partial charge < -0.3 is 19.3 Å². The molecule has 126 valence electrons. The number of thiophene rings is 1. The summed E-state index contributed by atoms with van der Waals surface area (Å²) in [6.45, 7) is 4.37. The molecule has 1 amide bonds. The highest BCUT2D eigenvalue weighted by Gasteiger charge is 2.28. The third kappa shape index (κ3) is 2.94. The van der Waals surface area contributed by atoms with Crippen LogP contribution in [0, 0.1) is 0 Å². The second-order valence-corrected chi connectivity index (χ2v) is 6.80. The lowest BCUT2D eigenvalue weighted by molar-refractivity contribution is 0.0763. The number of carbonyl (C=O) groups excluding carboxylic acids is 1. The van der Waals surface area contributed by atoms with Crippen molar-refractivity contribution in [3.05, 3.63) is 40.6 Å². The maximum Gasteiger partial charge on any atom is 0.267 e. The van der Waals surface area contributed by atoms with Crippen molar-refractivity contribution in [3.63, 3.8) is 0 Å². The Morgan fingerprint density at radius 1 is 1.00 bits per heavy atom. The Kier molecular flexibility index (Phi) is 4.30. The molecule has 0 spiro atoms. The molecule has 1 aromatic heterocycles. The maximum absolute atomic E-state index is 12.9. The zero-order chi connectivity index (χ0) is 16.4. The molecular formula is C18H20N2O3S. The number of para-hydroxylation sites is 1. The van der Waals surface area contributed by atoms with Gasteiger partial charge in [0.05, 0.1) is 0 Å². The molecule has 3 heterocycles. The van der Waals surface area contributed by atoms with Gasteiger partial charge in [-0.2, -0.15) is 0 Å². The molecule has 2 aliphatic heterocycles. The molecule has 1 aromatic carbocycles. The lowest BCUT2D eigenvalue weighted by atomic mass is 10.3. The highest BCUT2D eigenvalue weighted by Crippen LogP contribution is 2.40. The first-order chi connectivity index (χ1) is 11.8. The molecule has 2 aromatic rings. The average Bonchev–Trinajstić information content (AvgIpc) is 2.91. The first-order valence-electron chi connectivity index (χ1n) is 8.29.